The van der Waals surface area contributed by atoms with E-state index in [0.717, 1.165) is 74.1 Å². The number of thiophene rings is 1. The van der Waals surface area contributed by atoms with Gasteiger partial charge in [0, 0.05) is 64.3 Å². The summed E-state index contributed by atoms with van der Waals surface area (Å²) in [5.41, 5.74) is 5.29. The molecule has 31 heavy (non-hydrogen) atoms. The Hall–Kier alpha value is -2.45. The van der Waals surface area contributed by atoms with Gasteiger partial charge >= 0.3 is 0 Å². The molecule has 1 unspecified atom stereocenters. The first-order chi connectivity index (χ1) is 15.1. The van der Waals surface area contributed by atoms with E-state index in [1.807, 2.05) is 24.3 Å². The smallest absolute Gasteiger partial charge is 0.185 e. The van der Waals surface area contributed by atoms with Gasteiger partial charge in [-0.2, -0.15) is 0 Å². The molecule has 1 atom stereocenters. The molecule has 0 saturated carbocycles. The molecule has 6 rings (SSSR count). The van der Waals surface area contributed by atoms with E-state index in [0.29, 0.717) is 11.4 Å². The number of ether oxygens (including phenoxy) is 1. The summed E-state index contributed by atoms with van der Waals surface area (Å²) in [6, 6.07) is 7.81. The Morgan fingerprint density at radius 1 is 1.29 bits per heavy atom. The van der Waals surface area contributed by atoms with Gasteiger partial charge in [-0.25, -0.2) is 0 Å². The second-order valence-electron chi connectivity index (χ2n) is 8.26. The minimum Gasteiger partial charge on any atom is -0.478 e. The number of nitrogens with one attached hydrogen (secondary N) is 1. The number of benzene rings is 1. The van der Waals surface area contributed by atoms with Gasteiger partial charge < -0.3 is 19.7 Å². The topological polar surface area (TPSA) is 80.4 Å². The number of aromatic nitrogens is 2. The molecule has 2 aliphatic heterocycles. The molecular formula is C23H20ClN3O3S. The Bertz CT molecular complexity index is 1330. The summed E-state index contributed by atoms with van der Waals surface area (Å²) in [5, 5.41) is 18.0. The molecule has 0 radical (unpaired) electrons. The van der Waals surface area contributed by atoms with E-state index in [4.69, 9.17) is 20.9 Å². The van der Waals surface area contributed by atoms with Crippen molar-refractivity contribution in [3.05, 3.63) is 62.9 Å². The lowest BCUT2D eigenvalue weighted by Crippen LogP contribution is -2.31. The van der Waals surface area contributed by atoms with E-state index in [-0.39, 0.29) is 6.61 Å². The van der Waals surface area contributed by atoms with Crippen molar-refractivity contribution in [1.82, 2.24) is 15.5 Å². The van der Waals surface area contributed by atoms with Crippen molar-refractivity contribution in [1.29, 1.82) is 0 Å². The third-order valence-electron chi connectivity index (χ3n) is 6.08. The van der Waals surface area contributed by atoms with E-state index in [1.165, 1.54) is 11.3 Å². The summed E-state index contributed by atoms with van der Waals surface area (Å²) in [4.78, 5) is 5.34. The number of fused-ring (bicyclic) bond motifs is 3. The van der Waals surface area contributed by atoms with Crippen molar-refractivity contribution in [2.75, 3.05) is 6.54 Å². The zero-order valence-corrected chi connectivity index (χ0v) is 18.4. The summed E-state index contributed by atoms with van der Waals surface area (Å²) in [7, 11) is 0. The molecule has 0 saturated heterocycles. The van der Waals surface area contributed by atoms with E-state index in [9.17, 15) is 5.11 Å². The van der Waals surface area contributed by atoms with Gasteiger partial charge in [-0.1, -0.05) is 16.8 Å². The van der Waals surface area contributed by atoms with Crippen molar-refractivity contribution in [2.24, 2.45) is 0 Å². The highest BCUT2D eigenvalue weighted by molar-refractivity contribution is 7.19. The Kier molecular flexibility index (Phi) is 4.37. The van der Waals surface area contributed by atoms with Crippen LogP contribution < -0.4 is 10.1 Å². The molecule has 6 nitrogen and oxygen atoms in total. The molecular weight excluding hydrogens is 434 g/mol. The van der Waals surface area contributed by atoms with Crippen LogP contribution >= 0.6 is 22.9 Å². The van der Waals surface area contributed by atoms with Crippen molar-refractivity contribution in [3.63, 3.8) is 0 Å². The number of aliphatic hydroxyl groups excluding tert-OH is 1. The second-order valence-corrected chi connectivity index (χ2v) is 9.83. The molecule has 158 valence electrons. The molecule has 5 heterocycles. The number of pyridine rings is 1. The number of rotatable bonds is 3. The normalized spacial score (nSPS) is 20.0. The molecule has 3 aromatic heterocycles. The number of nitrogens with zero attached hydrogens (tertiary/aromatic N) is 2. The highest BCUT2D eigenvalue weighted by Gasteiger charge is 2.44. The number of halogens is 1. The second kappa shape index (κ2) is 7.03. The van der Waals surface area contributed by atoms with Gasteiger partial charge in [-0.15, -0.1) is 11.3 Å². The number of hydrogen-bond acceptors (Lipinski definition) is 7. The van der Waals surface area contributed by atoms with E-state index in [1.54, 1.807) is 6.20 Å². The largest absolute Gasteiger partial charge is 0.478 e. The van der Waals surface area contributed by atoms with Crippen molar-refractivity contribution in [3.8, 4) is 16.9 Å². The maximum absolute atomic E-state index is 9.59. The first-order valence-corrected chi connectivity index (χ1v) is 11.4. The van der Waals surface area contributed by atoms with Crippen LogP contribution in [0.15, 0.2) is 35.0 Å². The standard InChI is InChI=1S/C23H20ClN3O3S/c1-23(22-17-10-25-4-3-18(17)27-30-22)9-12-6-13(24)7-16(20(12)29-23)15-2-5-26-19-8-14(11-28)31-21(15)19/h2,5-8,25,28H,3-4,9-11H2,1H3. The summed E-state index contributed by atoms with van der Waals surface area (Å²) < 4.78 is 13.5. The van der Waals surface area contributed by atoms with Crippen LogP contribution in [0.5, 0.6) is 5.75 Å². The third kappa shape index (κ3) is 2.99. The van der Waals surface area contributed by atoms with Crippen molar-refractivity contribution in [2.45, 2.75) is 38.5 Å². The first-order valence-electron chi connectivity index (χ1n) is 10.2. The van der Waals surface area contributed by atoms with Gasteiger partial charge in [0.15, 0.2) is 11.4 Å². The van der Waals surface area contributed by atoms with Crippen LogP contribution in [-0.2, 0) is 31.6 Å². The fourth-order valence-corrected chi connectivity index (χ4v) is 5.93. The number of aliphatic hydroxyl groups is 1. The van der Waals surface area contributed by atoms with Gasteiger partial charge in [0.2, 0.25) is 0 Å². The van der Waals surface area contributed by atoms with Gasteiger partial charge in [0.1, 0.15) is 5.75 Å². The van der Waals surface area contributed by atoms with Gasteiger partial charge in [0.25, 0.3) is 0 Å². The summed E-state index contributed by atoms with van der Waals surface area (Å²) in [6.07, 6.45) is 3.29. The van der Waals surface area contributed by atoms with Gasteiger partial charge in [-0.05, 0) is 31.2 Å². The Balaban J connectivity index is 1.49. The van der Waals surface area contributed by atoms with Gasteiger partial charge in [0.05, 0.1) is 22.5 Å². The van der Waals surface area contributed by atoms with Gasteiger partial charge in [-0.3, -0.25) is 4.98 Å². The minimum atomic E-state index is -0.654. The zero-order chi connectivity index (χ0) is 21.2. The summed E-state index contributed by atoms with van der Waals surface area (Å²) in [5.74, 6) is 1.60. The first kappa shape index (κ1) is 19.3. The van der Waals surface area contributed by atoms with Crippen LogP contribution in [0.2, 0.25) is 5.02 Å². The predicted molar refractivity (Wildman–Crippen MR) is 120 cm³/mol. The van der Waals surface area contributed by atoms with Crippen molar-refractivity contribution >= 4 is 33.2 Å². The average molecular weight is 454 g/mol. The molecule has 0 fully saturated rings. The Morgan fingerprint density at radius 2 is 2.19 bits per heavy atom. The lowest BCUT2D eigenvalue weighted by molar-refractivity contribution is 0.0792. The molecule has 0 bridgehead atoms. The van der Waals surface area contributed by atoms with E-state index in [2.05, 4.69) is 22.4 Å². The molecule has 0 aliphatic carbocycles. The van der Waals surface area contributed by atoms with E-state index >= 15 is 0 Å². The Labute approximate surface area is 187 Å². The van der Waals surface area contributed by atoms with Crippen LogP contribution in [0.1, 0.15) is 34.4 Å². The fourth-order valence-electron chi connectivity index (χ4n) is 4.69. The van der Waals surface area contributed by atoms with Crippen LogP contribution in [0.4, 0.5) is 0 Å². The highest BCUT2D eigenvalue weighted by atomic mass is 35.5. The molecule has 2 aliphatic rings. The quantitative estimate of drug-likeness (QED) is 0.472. The van der Waals surface area contributed by atoms with E-state index < -0.39 is 5.60 Å². The molecule has 1 aromatic carbocycles. The lowest BCUT2D eigenvalue weighted by Gasteiger charge is -2.24. The molecule has 2 N–H and O–H groups in total. The maximum atomic E-state index is 9.59. The maximum Gasteiger partial charge on any atom is 0.185 e. The number of hydrogen-bond donors (Lipinski definition) is 2. The average Bonchev–Trinajstić information content (AvgIpc) is 3.47. The van der Waals surface area contributed by atoms with Crippen LogP contribution in [0.25, 0.3) is 21.3 Å². The Morgan fingerprint density at radius 3 is 3.06 bits per heavy atom. The fraction of sp³-hybridized carbons (Fsp3) is 0.304. The third-order valence-corrected chi connectivity index (χ3v) is 7.45. The van der Waals surface area contributed by atoms with Crippen LogP contribution in [-0.4, -0.2) is 21.8 Å². The summed E-state index contributed by atoms with van der Waals surface area (Å²) in [6.45, 7) is 3.69. The minimum absolute atomic E-state index is 0.00662. The predicted octanol–water partition coefficient (Wildman–Crippen LogP) is 4.59. The van der Waals surface area contributed by atoms with Crippen molar-refractivity contribution < 1.29 is 14.4 Å². The molecule has 0 spiro atoms. The highest BCUT2D eigenvalue weighted by Crippen LogP contribution is 2.50. The SMILES string of the molecule is CC1(c2onc3c2CNCC3)Cc2cc(Cl)cc(-c3ccnc4cc(CO)sc34)c2O1. The molecule has 8 heteroatoms. The van der Waals surface area contributed by atoms with Crippen LogP contribution in [0, 0.1) is 0 Å². The molecule has 0 amide bonds. The monoisotopic (exact) mass is 453 g/mol. The zero-order valence-electron chi connectivity index (χ0n) is 16.9. The van der Waals surface area contributed by atoms with Crippen LogP contribution in [0.3, 0.4) is 0 Å². The lowest BCUT2D eigenvalue weighted by atomic mass is 9.91. The molecule has 4 aromatic rings. The summed E-state index contributed by atoms with van der Waals surface area (Å²) >= 11 is 8.08.